The van der Waals surface area contributed by atoms with Gasteiger partial charge in [0.2, 0.25) is 15.9 Å². The summed E-state index contributed by atoms with van der Waals surface area (Å²) in [7, 11) is -3.52. The highest BCUT2D eigenvalue weighted by Crippen LogP contribution is 2.37. The number of piperidine rings is 2. The summed E-state index contributed by atoms with van der Waals surface area (Å²) in [4.78, 5) is 15.3. The van der Waals surface area contributed by atoms with Crippen LogP contribution in [-0.2, 0) is 14.8 Å². The highest BCUT2D eigenvalue weighted by atomic mass is 32.2. The Bertz CT molecular complexity index is 765. The SMILES string of the molecule is O=C(C1CCCN(S(=O)(=O)c2ccccc2)C1)N1CCC2(CCNC2)CC1. The van der Waals surface area contributed by atoms with Crippen LogP contribution < -0.4 is 5.32 Å². The van der Waals surface area contributed by atoms with Crippen LogP contribution in [0, 0.1) is 11.3 Å². The first-order valence-corrected chi connectivity index (χ1v) is 11.5. The van der Waals surface area contributed by atoms with Crippen LogP contribution in [0.3, 0.4) is 0 Å². The lowest BCUT2D eigenvalue weighted by Crippen LogP contribution is -2.50. The predicted octanol–water partition coefficient (Wildman–Crippen LogP) is 1.69. The fraction of sp³-hybridized carbons (Fsp3) is 0.650. The van der Waals surface area contributed by atoms with Gasteiger partial charge in [0.1, 0.15) is 0 Å². The molecule has 3 saturated heterocycles. The van der Waals surface area contributed by atoms with Gasteiger partial charge in [-0.15, -0.1) is 0 Å². The summed E-state index contributed by atoms with van der Waals surface area (Å²) >= 11 is 0. The highest BCUT2D eigenvalue weighted by molar-refractivity contribution is 7.89. The number of benzene rings is 1. The van der Waals surface area contributed by atoms with E-state index >= 15 is 0 Å². The van der Waals surface area contributed by atoms with Crippen molar-refractivity contribution in [2.24, 2.45) is 11.3 Å². The second kappa shape index (κ2) is 7.53. The summed E-state index contributed by atoms with van der Waals surface area (Å²) in [5.74, 6) is -0.0724. The maximum absolute atomic E-state index is 13.1. The Balaban J connectivity index is 1.40. The van der Waals surface area contributed by atoms with Gasteiger partial charge in [-0.2, -0.15) is 4.31 Å². The lowest BCUT2D eigenvalue weighted by atomic mass is 9.77. The topological polar surface area (TPSA) is 69.7 Å². The van der Waals surface area contributed by atoms with Gasteiger partial charge in [-0.05, 0) is 56.2 Å². The van der Waals surface area contributed by atoms with Crippen molar-refractivity contribution in [1.29, 1.82) is 0 Å². The molecule has 1 spiro atoms. The van der Waals surface area contributed by atoms with Crippen LogP contribution in [0.4, 0.5) is 0 Å². The number of hydrogen-bond acceptors (Lipinski definition) is 4. The summed E-state index contributed by atoms with van der Waals surface area (Å²) in [6.45, 7) is 4.57. The minimum absolute atomic E-state index is 0.142. The van der Waals surface area contributed by atoms with Crippen molar-refractivity contribution in [2.75, 3.05) is 39.3 Å². The Morgan fingerprint density at radius 3 is 2.48 bits per heavy atom. The molecule has 3 fully saturated rings. The van der Waals surface area contributed by atoms with E-state index in [0.29, 0.717) is 23.4 Å². The standard InChI is InChI=1S/C20H29N3O3S/c24-19(22-13-9-20(10-14-22)8-11-21-16-20)17-5-4-12-23(15-17)27(25,26)18-6-2-1-3-7-18/h1-3,6-7,17,21H,4-5,8-16H2. The summed E-state index contributed by atoms with van der Waals surface area (Å²) in [5.41, 5.74) is 0.381. The number of rotatable bonds is 3. The van der Waals surface area contributed by atoms with Crippen LogP contribution >= 0.6 is 0 Å². The molecule has 1 unspecified atom stereocenters. The van der Waals surface area contributed by atoms with Crippen LogP contribution in [0.2, 0.25) is 0 Å². The molecule has 1 aromatic carbocycles. The summed E-state index contributed by atoms with van der Waals surface area (Å²) < 4.78 is 27.3. The molecular weight excluding hydrogens is 362 g/mol. The minimum Gasteiger partial charge on any atom is -0.342 e. The van der Waals surface area contributed by atoms with Gasteiger partial charge in [-0.25, -0.2) is 8.42 Å². The van der Waals surface area contributed by atoms with Crippen molar-refractivity contribution in [1.82, 2.24) is 14.5 Å². The first-order valence-electron chi connectivity index (χ1n) is 10.0. The fourth-order valence-electron chi connectivity index (χ4n) is 4.79. The van der Waals surface area contributed by atoms with Gasteiger partial charge >= 0.3 is 0 Å². The third kappa shape index (κ3) is 3.77. The molecule has 6 nitrogen and oxygen atoms in total. The normalized spacial score (nSPS) is 26.4. The van der Waals surface area contributed by atoms with Gasteiger partial charge in [0.05, 0.1) is 10.8 Å². The van der Waals surface area contributed by atoms with E-state index < -0.39 is 10.0 Å². The lowest BCUT2D eigenvalue weighted by molar-refractivity contribution is -0.138. The highest BCUT2D eigenvalue weighted by Gasteiger charge is 2.40. The molecule has 1 atom stereocenters. The number of carbonyl (C=O) groups excluding carboxylic acids is 1. The maximum Gasteiger partial charge on any atom is 0.243 e. The zero-order valence-corrected chi connectivity index (χ0v) is 16.6. The van der Waals surface area contributed by atoms with Crippen molar-refractivity contribution >= 4 is 15.9 Å². The zero-order chi connectivity index (χ0) is 18.9. The van der Waals surface area contributed by atoms with Crippen LogP contribution in [0.1, 0.15) is 32.1 Å². The molecule has 1 amide bonds. The molecule has 0 saturated carbocycles. The quantitative estimate of drug-likeness (QED) is 0.851. The third-order valence-electron chi connectivity index (χ3n) is 6.58. The van der Waals surface area contributed by atoms with Gasteiger partial charge in [0.25, 0.3) is 0 Å². The molecular formula is C20H29N3O3S. The molecule has 0 bridgehead atoms. The summed E-state index contributed by atoms with van der Waals surface area (Å²) in [6.07, 6.45) is 4.85. The molecule has 4 rings (SSSR count). The summed E-state index contributed by atoms with van der Waals surface area (Å²) in [5, 5.41) is 3.45. The molecule has 3 aliphatic heterocycles. The van der Waals surface area contributed by atoms with Gasteiger partial charge in [-0.1, -0.05) is 18.2 Å². The van der Waals surface area contributed by atoms with E-state index in [2.05, 4.69) is 5.32 Å². The average molecular weight is 392 g/mol. The van der Waals surface area contributed by atoms with E-state index in [4.69, 9.17) is 0 Å². The zero-order valence-electron chi connectivity index (χ0n) is 15.8. The largest absolute Gasteiger partial charge is 0.342 e. The Kier molecular flexibility index (Phi) is 5.27. The van der Waals surface area contributed by atoms with E-state index in [0.717, 1.165) is 51.9 Å². The minimum atomic E-state index is -3.52. The van der Waals surface area contributed by atoms with Crippen LogP contribution in [-0.4, -0.2) is 62.8 Å². The summed E-state index contributed by atoms with van der Waals surface area (Å²) in [6, 6.07) is 8.54. The Morgan fingerprint density at radius 2 is 1.81 bits per heavy atom. The Morgan fingerprint density at radius 1 is 1.07 bits per heavy atom. The molecule has 0 aliphatic carbocycles. The van der Waals surface area contributed by atoms with Gasteiger partial charge < -0.3 is 10.2 Å². The van der Waals surface area contributed by atoms with E-state index in [9.17, 15) is 13.2 Å². The number of sulfonamides is 1. The molecule has 7 heteroatoms. The molecule has 0 aromatic heterocycles. The molecule has 3 aliphatic rings. The molecule has 1 aromatic rings. The second-order valence-electron chi connectivity index (χ2n) is 8.27. The molecule has 3 heterocycles. The van der Waals surface area contributed by atoms with E-state index in [1.165, 1.54) is 10.7 Å². The number of likely N-dealkylation sites (tertiary alicyclic amines) is 1. The Hall–Kier alpha value is -1.44. The maximum atomic E-state index is 13.1. The Labute approximate surface area is 162 Å². The van der Waals surface area contributed by atoms with Gasteiger partial charge in [0, 0.05) is 32.7 Å². The van der Waals surface area contributed by atoms with Crippen LogP contribution in [0.5, 0.6) is 0 Å². The van der Waals surface area contributed by atoms with Crippen molar-refractivity contribution in [3.8, 4) is 0 Å². The number of amides is 1. The predicted molar refractivity (Wildman–Crippen MR) is 104 cm³/mol. The average Bonchev–Trinajstić information content (AvgIpc) is 3.17. The number of carbonyl (C=O) groups is 1. The van der Waals surface area contributed by atoms with Gasteiger partial charge in [-0.3, -0.25) is 4.79 Å². The van der Waals surface area contributed by atoms with Crippen LogP contribution in [0.25, 0.3) is 0 Å². The molecule has 27 heavy (non-hydrogen) atoms. The van der Waals surface area contributed by atoms with Crippen LogP contribution in [0.15, 0.2) is 35.2 Å². The fourth-order valence-corrected chi connectivity index (χ4v) is 6.33. The molecule has 148 valence electrons. The monoisotopic (exact) mass is 391 g/mol. The van der Waals surface area contributed by atoms with Crippen molar-refractivity contribution in [2.45, 2.75) is 37.0 Å². The first kappa shape index (κ1) is 18.9. The van der Waals surface area contributed by atoms with E-state index in [1.807, 2.05) is 11.0 Å². The van der Waals surface area contributed by atoms with Crippen molar-refractivity contribution < 1.29 is 13.2 Å². The second-order valence-corrected chi connectivity index (χ2v) is 10.2. The smallest absolute Gasteiger partial charge is 0.243 e. The first-order chi connectivity index (χ1) is 13.0. The number of nitrogens with one attached hydrogen (secondary N) is 1. The molecule has 0 radical (unpaired) electrons. The van der Waals surface area contributed by atoms with Crippen molar-refractivity contribution in [3.05, 3.63) is 30.3 Å². The number of hydrogen-bond donors (Lipinski definition) is 1. The number of nitrogens with zero attached hydrogens (tertiary/aromatic N) is 2. The molecule has 1 N–H and O–H groups in total. The third-order valence-corrected chi connectivity index (χ3v) is 8.46. The van der Waals surface area contributed by atoms with Gasteiger partial charge in [0.15, 0.2) is 0 Å². The van der Waals surface area contributed by atoms with E-state index in [1.54, 1.807) is 24.3 Å². The van der Waals surface area contributed by atoms with Crippen molar-refractivity contribution in [3.63, 3.8) is 0 Å². The van der Waals surface area contributed by atoms with E-state index in [-0.39, 0.29) is 11.8 Å². The lowest BCUT2D eigenvalue weighted by Gasteiger charge is -2.41.